The van der Waals surface area contributed by atoms with Gasteiger partial charge < -0.3 is 15.2 Å². The summed E-state index contributed by atoms with van der Waals surface area (Å²) < 4.78 is 7.05. The zero-order valence-corrected chi connectivity index (χ0v) is 17.4. The molecule has 1 amide bonds. The molecule has 0 aliphatic rings. The molecule has 7 nitrogen and oxygen atoms in total. The minimum absolute atomic E-state index is 0.200. The van der Waals surface area contributed by atoms with E-state index in [1.165, 1.54) is 0 Å². The minimum atomic E-state index is -1.05. The highest BCUT2D eigenvalue weighted by Crippen LogP contribution is 2.29. The molecular weight excluding hydrogens is 358 g/mol. The van der Waals surface area contributed by atoms with E-state index < -0.39 is 11.5 Å². The number of carbonyl (C=O) groups excluding carboxylic acids is 1. The summed E-state index contributed by atoms with van der Waals surface area (Å²) in [4.78, 5) is 24.4. The van der Waals surface area contributed by atoms with Crippen LogP contribution in [0.25, 0.3) is 0 Å². The second-order valence-electron chi connectivity index (χ2n) is 7.50. The number of carboxylic acids is 1. The van der Waals surface area contributed by atoms with E-state index in [4.69, 9.17) is 4.74 Å². The number of hydrogen-bond acceptors (Lipinski definition) is 4. The third-order valence-electron chi connectivity index (χ3n) is 5.23. The largest absolute Gasteiger partial charge is 0.497 e. The molecule has 2 aromatic rings. The fourth-order valence-corrected chi connectivity index (χ4v) is 3.39. The first-order valence-corrected chi connectivity index (χ1v) is 9.24. The summed E-state index contributed by atoms with van der Waals surface area (Å²) in [6.07, 6.45) is 0.308. The number of aromatic nitrogens is 2. The maximum absolute atomic E-state index is 12.9. The summed E-state index contributed by atoms with van der Waals surface area (Å²) in [6, 6.07) is 7.12. The Kier molecular flexibility index (Phi) is 6.48. The lowest BCUT2D eigenvalue weighted by Crippen LogP contribution is -2.47. The second-order valence-corrected chi connectivity index (χ2v) is 7.50. The van der Waals surface area contributed by atoms with E-state index >= 15 is 0 Å². The van der Waals surface area contributed by atoms with Gasteiger partial charge in [0.25, 0.3) is 0 Å². The van der Waals surface area contributed by atoms with Crippen molar-refractivity contribution < 1.29 is 19.4 Å². The van der Waals surface area contributed by atoms with Crippen LogP contribution < -0.4 is 10.1 Å². The molecule has 2 rings (SSSR count). The lowest BCUT2D eigenvalue weighted by atomic mass is 9.87. The van der Waals surface area contributed by atoms with Crippen molar-refractivity contribution >= 4 is 11.9 Å². The molecule has 2 atom stereocenters. The van der Waals surface area contributed by atoms with Crippen LogP contribution in [0.2, 0.25) is 0 Å². The first-order chi connectivity index (χ1) is 13.1. The second kappa shape index (κ2) is 8.46. The summed E-state index contributed by atoms with van der Waals surface area (Å²) in [7, 11) is 3.43. The Labute approximate surface area is 165 Å². The number of methoxy groups -OCH3 is 1. The molecular formula is C21H29N3O4. The van der Waals surface area contributed by atoms with Crippen LogP contribution in [0.1, 0.15) is 42.8 Å². The topological polar surface area (TPSA) is 93.4 Å². The number of aliphatic carboxylic acids is 1. The van der Waals surface area contributed by atoms with Gasteiger partial charge in [-0.15, -0.1) is 0 Å². The van der Waals surface area contributed by atoms with Gasteiger partial charge in [0.15, 0.2) is 0 Å². The SMILES string of the molecule is COc1cccc(C(C)(CC(=O)O)NC(=O)C(C)Cc2c(C)nn(C)c2C)c1. The lowest BCUT2D eigenvalue weighted by molar-refractivity contribution is -0.139. The monoisotopic (exact) mass is 387 g/mol. The number of carbonyl (C=O) groups is 2. The molecule has 0 bridgehead atoms. The van der Waals surface area contributed by atoms with E-state index in [0.29, 0.717) is 17.7 Å². The number of amides is 1. The van der Waals surface area contributed by atoms with Crippen molar-refractivity contribution in [3.8, 4) is 5.75 Å². The van der Waals surface area contributed by atoms with Crippen LogP contribution >= 0.6 is 0 Å². The number of aryl methyl sites for hydroxylation is 2. The molecule has 1 heterocycles. The minimum Gasteiger partial charge on any atom is -0.497 e. The Morgan fingerprint density at radius 2 is 2.04 bits per heavy atom. The van der Waals surface area contributed by atoms with Gasteiger partial charge in [0.05, 0.1) is 24.8 Å². The first kappa shape index (κ1) is 21.5. The van der Waals surface area contributed by atoms with Crippen LogP contribution in [0.3, 0.4) is 0 Å². The standard InChI is InChI=1S/C21H29N3O4/c1-13(10-18-14(2)23-24(5)15(18)3)20(27)22-21(4,12-19(25)26)16-8-7-9-17(11-16)28-6/h7-9,11,13H,10,12H2,1-6H3,(H,22,27)(H,25,26). The summed E-state index contributed by atoms with van der Waals surface area (Å²) in [5.74, 6) is -0.912. The van der Waals surface area contributed by atoms with Gasteiger partial charge in [-0.25, -0.2) is 0 Å². The van der Waals surface area contributed by atoms with E-state index in [-0.39, 0.29) is 18.2 Å². The number of nitrogens with zero attached hydrogens (tertiary/aromatic N) is 2. The predicted octanol–water partition coefficient (Wildman–Crippen LogP) is 2.73. The highest BCUT2D eigenvalue weighted by Gasteiger charge is 2.33. The maximum Gasteiger partial charge on any atom is 0.306 e. The van der Waals surface area contributed by atoms with Gasteiger partial charge in [-0.05, 0) is 50.5 Å². The van der Waals surface area contributed by atoms with Gasteiger partial charge >= 0.3 is 5.97 Å². The molecule has 1 aromatic heterocycles. The van der Waals surface area contributed by atoms with Crippen molar-refractivity contribution in [2.75, 3.05) is 7.11 Å². The molecule has 1 aromatic carbocycles. The van der Waals surface area contributed by atoms with Gasteiger partial charge in [-0.1, -0.05) is 19.1 Å². The Balaban J connectivity index is 2.25. The highest BCUT2D eigenvalue weighted by molar-refractivity contribution is 5.81. The summed E-state index contributed by atoms with van der Waals surface area (Å²) in [5.41, 5.74) is 2.61. The zero-order chi connectivity index (χ0) is 21.1. The molecule has 2 unspecified atom stereocenters. The Morgan fingerprint density at radius 1 is 1.36 bits per heavy atom. The van der Waals surface area contributed by atoms with E-state index in [1.54, 1.807) is 43.0 Å². The Hall–Kier alpha value is -2.83. The summed E-state index contributed by atoms with van der Waals surface area (Å²) in [5, 5.41) is 16.8. The van der Waals surface area contributed by atoms with Crippen LogP contribution in [0.15, 0.2) is 24.3 Å². The highest BCUT2D eigenvalue weighted by atomic mass is 16.5. The number of benzene rings is 1. The van der Waals surface area contributed by atoms with E-state index in [9.17, 15) is 14.7 Å². The van der Waals surface area contributed by atoms with Crippen LogP contribution in [0, 0.1) is 19.8 Å². The molecule has 0 spiro atoms. The van der Waals surface area contributed by atoms with Crippen molar-refractivity contribution in [3.05, 3.63) is 46.8 Å². The van der Waals surface area contributed by atoms with Gasteiger partial charge in [0.2, 0.25) is 5.91 Å². The number of nitrogens with one attached hydrogen (secondary N) is 1. The molecule has 0 radical (unpaired) electrons. The molecule has 0 aliphatic carbocycles. The molecule has 0 saturated carbocycles. The summed E-state index contributed by atoms with van der Waals surface area (Å²) >= 11 is 0. The molecule has 0 saturated heterocycles. The van der Waals surface area contributed by atoms with Gasteiger partial charge in [-0.3, -0.25) is 14.3 Å². The Morgan fingerprint density at radius 3 is 2.57 bits per heavy atom. The smallest absolute Gasteiger partial charge is 0.306 e. The van der Waals surface area contributed by atoms with Gasteiger partial charge in [-0.2, -0.15) is 5.10 Å². The number of carboxylic acid groups (broad SMARTS) is 1. The fraction of sp³-hybridized carbons (Fsp3) is 0.476. The van der Waals surface area contributed by atoms with E-state index in [1.807, 2.05) is 27.8 Å². The normalized spacial score (nSPS) is 14.2. The third kappa shape index (κ3) is 4.71. The average Bonchev–Trinajstić information content (AvgIpc) is 2.87. The quantitative estimate of drug-likeness (QED) is 0.726. The van der Waals surface area contributed by atoms with Crippen LogP contribution in [-0.2, 0) is 28.6 Å². The van der Waals surface area contributed by atoms with Crippen molar-refractivity contribution in [2.45, 2.75) is 46.1 Å². The van der Waals surface area contributed by atoms with E-state index in [0.717, 1.165) is 17.0 Å². The molecule has 2 N–H and O–H groups in total. The molecule has 28 heavy (non-hydrogen) atoms. The van der Waals surface area contributed by atoms with Crippen molar-refractivity contribution in [1.82, 2.24) is 15.1 Å². The number of ether oxygens (including phenoxy) is 1. The number of hydrogen-bond donors (Lipinski definition) is 2. The fourth-order valence-electron chi connectivity index (χ4n) is 3.39. The first-order valence-electron chi connectivity index (χ1n) is 9.24. The zero-order valence-electron chi connectivity index (χ0n) is 17.4. The average molecular weight is 387 g/mol. The number of rotatable bonds is 8. The molecule has 0 fully saturated rings. The van der Waals surface area contributed by atoms with Crippen LogP contribution in [0.4, 0.5) is 0 Å². The molecule has 152 valence electrons. The van der Waals surface area contributed by atoms with Crippen LogP contribution in [0.5, 0.6) is 5.75 Å². The Bertz CT molecular complexity index is 875. The van der Waals surface area contributed by atoms with Crippen molar-refractivity contribution in [2.24, 2.45) is 13.0 Å². The van der Waals surface area contributed by atoms with Gasteiger partial charge in [0, 0.05) is 18.7 Å². The maximum atomic E-state index is 12.9. The molecule has 0 aliphatic heterocycles. The third-order valence-corrected chi connectivity index (χ3v) is 5.23. The van der Waals surface area contributed by atoms with Crippen molar-refractivity contribution in [3.63, 3.8) is 0 Å². The van der Waals surface area contributed by atoms with Crippen molar-refractivity contribution in [1.29, 1.82) is 0 Å². The van der Waals surface area contributed by atoms with E-state index in [2.05, 4.69) is 10.4 Å². The lowest BCUT2D eigenvalue weighted by Gasteiger charge is -2.31. The summed E-state index contributed by atoms with van der Waals surface area (Å²) in [6.45, 7) is 7.47. The van der Waals surface area contributed by atoms with Gasteiger partial charge in [0.1, 0.15) is 5.75 Å². The molecule has 7 heteroatoms. The van der Waals surface area contributed by atoms with Crippen LogP contribution in [-0.4, -0.2) is 33.9 Å². The predicted molar refractivity (Wildman–Crippen MR) is 106 cm³/mol.